The lowest BCUT2D eigenvalue weighted by molar-refractivity contribution is -0.274. The summed E-state index contributed by atoms with van der Waals surface area (Å²) in [6.45, 7) is 4.27. The zero-order chi connectivity index (χ0) is 22.2. The Morgan fingerprint density at radius 3 is 2.48 bits per heavy atom. The number of amides is 2. The molecule has 31 heavy (non-hydrogen) atoms. The number of ether oxygens (including phenoxy) is 1. The maximum atomic E-state index is 13.0. The number of nitrogens with one attached hydrogen (secondary N) is 1. The van der Waals surface area contributed by atoms with Crippen molar-refractivity contribution in [2.24, 2.45) is 23.7 Å². The van der Waals surface area contributed by atoms with E-state index in [9.17, 15) is 23.1 Å². The standard InChI is InChI=1S/C23H29F3N2O3/c1-21(2)19(18-15-6-14-7-16(18)11-22(30,9-14)10-15)27-20(29)28(21)12-13-4-3-5-17(8-13)31-23(24,25)26/h3-5,8,14-16,18-19,30H,6-7,9-12H2,1-2H3,(H,27,29). The molecule has 1 heterocycles. The van der Waals surface area contributed by atoms with Gasteiger partial charge in [0.25, 0.3) is 0 Å². The highest BCUT2D eigenvalue weighted by molar-refractivity contribution is 5.78. The summed E-state index contributed by atoms with van der Waals surface area (Å²) >= 11 is 0. The van der Waals surface area contributed by atoms with Crippen molar-refractivity contribution in [1.82, 2.24) is 10.2 Å². The van der Waals surface area contributed by atoms with E-state index in [1.807, 2.05) is 13.8 Å². The number of nitrogens with zero attached hydrogens (tertiary/aromatic N) is 1. The van der Waals surface area contributed by atoms with Crippen molar-refractivity contribution >= 4 is 6.03 Å². The fourth-order valence-corrected chi connectivity index (χ4v) is 7.25. The van der Waals surface area contributed by atoms with E-state index in [0.717, 1.165) is 32.1 Å². The third-order valence-electron chi connectivity index (χ3n) is 8.15. The van der Waals surface area contributed by atoms with E-state index in [1.54, 1.807) is 11.0 Å². The Morgan fingerprint density at radius 1 is 1.19 bits per heavy atom. The van der Waals surface area contributed by atoms with Crippen LogP contribution in [0.15, 0.2) is 24.3 Å². The molecule has 1 saturated heterocycles. The van der Waals surface area contributed by atoms with Crippen LogP contribution in [0.3, 0.4) is 0 Å². The summed E-state index contributed by atoms with van der Waals surface area (Å²) in [5.41, 5.74) is -0.441. The summed E-state index contributed by atoms with van der Waals surface area (Å²) in [5.74, 6) is 1.44. The van der Waals surface area contributed by atoms with Crippen molar-refractivity contribution in [3.8, 4) is 5.75 Å². The van der Waals surface area contributed by atoms with Gasteiger partial charge in [0.05, 0.1) is 17.2 Å². The zero-order valence-electron chi connectivity index (χ0n) is 17.8. The first-order valence-corrected chi connectivity index (χ1v) is 11.1. The van der Waals surface area contributed by atoms with E-state index in [2.05, 4.69) is 10.1 Å². The van der Waals surface area contributed by atoms with Gasteiger partial charge in [-0.3, -0.25) is 0 Å². The predicted octanol–water partition coefficient (Wildman–Crippen LogP) is 4.44. The molecule has 170 valence electrons. The number of alkyl halides is 3. The van der Waals surface area contributed by atoms with Crippen LogP contribution < -0.4 is 10.1 Å². The lowest BCUT2D eigenvalue weighted by atomic mass is 9.48. The molecule has 0 spiro atoms. The molecule has 5 nitrogen and oxygen atoms in total. The van der Waals surface area contributed by atoms with E-state index in [-0.39, 0.29) is 24.4 Å². The predicted molar refractivity (Wildman–Crippen MR) is 107 cm³/mol. The van der Waals surface area contributed by atoms with E-state index in [1.165, 1.54) is 18.2 Å². The van der Waals surface area contributed by atoms with E-state index < -0.39 is 17.5 Å². The van der Waals surface area contributed by atoms with Crippen LogP contribution in [0, 0.1) is 23.7 Å². The minimum atomic E-state index is -4.75. The van der Waals surface area contributed by atoms with Crippen LogP contribution in [0.25, 0.3) is 0 Å². The molecule has 4 aliphatic carbocycles. The van der Waals surface area contributed by atoms with Gasteiger partial charge in [0.1, 0.15) is 5.75 Å². The molecule has 0 aromatic heterocycles. The van der Waals surface area contributed by atoms with Gasteiger partial charge in [-0.2, -0.15) is 0 Å². The fourth-order valence-electron chi connectivity index (χ4n) is 7.25. The second-order valence-corrected chi connectivity index (χ2v) is 10.6. The Hall–Kier alpha value is -1.96. The van der Waals surface area contributed by atoms with Crippen molar-refractivity contribution in [3.63, 3.8) is 0 Å². The van der Waals surface area contributed by atoms with Crippen molar-refractivity contribution < 1.29 is 27.8 Å². The van der Waals surface area contributed by atoms with Crippen LogP contribution in [0.1, 0.15) is 51.5 Å². The van der Waals surface area contributed by atoms with Crippen LogP contribution in [0.2, 0.25) is 0 Å². The van der Waals surface area contributed by atoms with Crippen LogP contribution in [-0.4, -0.2) is 39.6 Å². The smallest absolute Gasteiger partial charge is 0.406 e. The number of halogens is 3. The highest BCUT2D eigenvalue weighted by Gasteiger charge is 2.60. The van der Waals surface area contributed by atoms with E-state index >= 15 is 0 Å². The van der Waals surface area contributed by atoms with Gasteiger partial charge in [-0.15, -0.1) is 13.2 Å². The first kappa shape index (κ1) is 20.9. The molecule has 1 aliphatic heterocycles. The second kappa shape index (κ2) is 6.77. The van der Waals surface area contributed by atoms with Crippen molar-refractivity contribution in [1.29, 1.82) is 0 Å². The average molecular weight is 438 g/mol. The third kappa shape index (κ3) is 3.66. The number of carbonyl (C=O) groups excluding carboxylic acids is 1. The van der Waals surface area contributed by atoms with Gasteiger partial charge >= 0.3 is 12.4 Å². The summed E-state index contributed by atoms with van der Waals surface area (Å²) < 4.78 is 41.8. The first-order chi connectivity index (χ1) is 14.4. The molecular formula is C23H29F3N2O3. The number of hydrogen-bond acceptors (Lipinski definition) is 3. The molecular weight excluding hydrogens is 409 g/mol. The van der Waals surface area contributed by atoms with Gasteiger partial charge in [-0.05, 0) is 87.3 Å². The summed E-state index contributed by atoms with van der Waals surface area (Å²) in [7, 11) is 0. The normalized spacial score (nSPS) is 38.5. The number of carbonyl (C=O) groups is 1. The Balaban J connectivity index is 1.36. The zero-order valence-corrected chi connectivity index (χ0v) is 17.8. The van der Waals surface area contributed by atoms with Crippen LogP contribution in [0.4, 0.5) is 18.0 Å². The fraction of sp³-hybridized carbons (Fsp3) is 0.696. The van der Waals surface area contributed by atoms with Crippen LogP contribution >= 0.6 is 0 Å². The average Bonchev–Trinajstić information content (AvgIpc) is 2.82. The number of urea groups is 1. The third-order valence-corrected chi connectivity index (χ3v) is 8.15. The first-order valence-electron chi connectivity index (χ1n) is 11.1. The Kier molecular flexibility index (Phi) is 4.57. The number of benzene rings is 1. The lowest BCUT2D eigenvalue weighted by Crippen LogP contribution is -2.62. The van der Waals surface area contributed by atoms with Crippen molar-refractivity contribution in [2.75, 3.05) is 0 Å². The van der Waals surface area contributed by atoms with E-state index in [4.69, 9.17) is 0 Å². The molecule has 3 atom stereocenters. The number of hydrogen-bond donors (Lipinski definition) is 2. The van der Waals surface area contributed by atoms with Gasteiger partial charge in [-0.25, -0.2) is 4.79 Å². The minimum absolute atomic E-state index is 0.0480. The van der Waals surface area contributed by atoms with Crippen LogP contribution in [0.5, 0.6) is 5.75 Å². The quantitative estimate of drug-likeness (QED) is 0.731. The number of aliphatic hydroxyl groups is 1. The molecule has 4 bridgehead atoms. The maximum absolute atomic E-state index is 13.0. The molecule has 2 amide bonds. The molecule has 5 aliphatic rings. The summed E-state index contributed by atoms with van der Waals surface area (Å²) in [6.07, 6.45) is 0.00649. The number of rotatable bonds is 4. The van der Waals surface area contributed by atoms with Crippen molar-refractivity contribution in [2.45, 2.75) is 76.0 Å². The summed E-state index contributed by atoms with van der Waals surface area (Å²) in [4.78, 5) is 14.7. The van der Waals surface area contributed by atoms with Gasteiger partial charge in [0.2, 0.25) is 0 Å². The van der Waals surface area contributed by atoms with Crippen molar-refractivity contribution in [3.05, 3.63) is 29.8 Å². The molecule has 6 rings (SSSR count). The molecule has 4 saturated carbocycles. The topological polar surface area (TPSA) is 61.8 Å². The largest absolute Gasteiger partial charge is 0.573 e. The van der Waals surface area contributed by atoms with Gasteiger partial charge in [-0.1, -0.05) is 12.1 Å². The lowest BCUT2D eigenvalue weighted by Gasteiger charge is -2.60. The van der Waals surface area contributed by atoms with Crippen LogP contribution in [-0.2, 0) is 6.54 Å². The molecule has 2 N–H and O–H groups in total. The molecule has 3 unspecified atom stereocenters. The highest BCUT2D eigenvalue weighted by Crippen LogP contribution is 2.60. The molecule has 1 aromatic rings. The Labute approximate surface area is 179 Å². The van der Waals surface area contributed by atoms with Gasteiger partial charge in [0.15, 0.2) is 0 Å². The molecule has 8 heteroatoms. The summed E-state index contributed by atoms with van der Waals surface area (Å²) in [6, 6.07) is 5.57. The molecule has 0 radical (unpaired) electrons. The van der Waals surface area contributed by atoms with Gasteiger partial charge < -0.3 is 20.1 Å². The molecule has 1 aromatic carbocycles. The molecule has 5 fully saturated rings. The highest BCUT2D eigenvalue weighted by atomic mass is 19.4. The SMILES string of the molecule is CC1(C)C(C2C3CC4CC2CC(O)(C4)C3)NC(=O)N1Cc1cccc(OC(F)(F)F)c1. The minimum Gasteiger partial charge on any atom is -0.406 e. The monoisotopic (exact) mass is 438 g/mol. The Bertz CT molecular complexity index is 871. The second-order valence-electron chi connectivity index (χ2n) is 10.6. The Morgan fingerprint density at radius 2 is 1.87 bits per heavy atom. The maximum Gasteiger partial charge on any atom is 0.573 e. The van der Waals surface area contributed by atoms with E-state index in [0.29, 0.717) is 29.2 Å². The summed E-state index contributed by atoms with van der Waals surface area (Å²) in [5, 5.41) is 14.1. The van der Waals surface area contributed by atoms with Gasteiger partial charge in [0, 0.05) is 6.54 Å².